The maximum atomic E-state index is 5.60. The van der Waals surface area contributed by atoms with E-state index >= 15 is 0 Å². The van der Waals surface area contributed by atoms with Crippen molar-refractivity contribution in [3.63, 3.8) is 0 Å². The molecule has 19 heavy (non-hydrogen) atoms. The third-order valence-electron chi connectivity index (χ3n) is 3.01. The Labute approximate surface area is 117 Å². The highest BCUT2D eigenvalue weighted by Gasteiger charge is 1.92. The Hall–Kier alpha value is -1.12. The van der Waals surface area contributed by atoms with Gasteiger partial charge in [-0.2, -0.15) is 0 Å². The minimum Gasteiger partial charge on any atom is -0.381 e. The summed E-state index contributed by atoms with van der Waals surface area (Å²) in [6.07, 6.45) is 7.86. The topological polar surface area (TPSA) is 21.3 Å². The van der Waals surface area contributed by atoms with Crippen LogP contribution in [0.25, 0.3) is 0 Å². The number of allylic oxidation sites excluding steroid dienone is 1. The average Bonchev–Trinajstić information content (AvgIpc) is 2.46. The SMILES string of the molecule is C=CCCCCCOCCCNCc1ccccc1. The van der Waals surface area contributed by atoms with E-state index in [-0.39, 0.29) is 0 Å². The van der Waals surface area contributed by atoms with Crippen LogP contribution < -0.4 is 5.32 Å². The van der Waals surface area contributed by atoms with Crippen molar-refractivity contribution in [1.82, 2.24) is 5.32 Å². The van der Waals surface area contributed by atoms with Crippen molar-refractivity contribution >= 4 is 0 Å². The van der Waals surface area contributed by atoms with Crippen LogP contribution in [-0.4, -0.2) is 19.8 Å². The van der Waals surface area contributed by atoms with Crippen molar-refractivity contribution < 1.29 is 4.74 Å². The lowest BCUT2D eigenvalue weighted by atomic mass is 10.2. The fourth-order valence-corrected chi connectivity index (χ4v) is 1.90. The van der Waals surface area contributed by atoms with Crippen LogP contribution in [0.15, 0.2) is 43.0 Å². The second kappa shape index (κ2) is 11.9. The molecule has 1 rings (SSSR count). The Morgan fingerprint density at radius 3 is 2.58 bits per heavy atom. The van der Waals surface area contributed by atoms with Crippen LogP contribution in [0.5, 0.6) is 0 Å². The molecule has 1 N–H and O–H groups in total. The summed E-state index contributed by atoms with van der Waals surface area (Å²) < 4.78 is 5.60. The molecule has 0 aliphatic rings. The molecule has 0 saturated carbocycles. The van der Waals surface area contributed by atoms with E-state index < -0.39 is 0 Å². The number of hydrogen-bond donors (Lipinski definition) is 1. The first kappa shape index (κ1) is 15.9. The molecule has 1 aromatic carbocycles. The molecule has 1 aromatic rings. The van der Waals surface area contributed by atoms with Crippen molar-refractivity contribution in [2.45, 2.75) is 38.6 Å². The van der Waals surface area contributed by atoms with Gasteiger partial charge in [-0.15, -0.1) is 6.58 Å². The van der Waals surface area contributed by atoms with Crippen LogP contribution in [0, 0.1) is 0 Å². The van der Waals surface area contributed by atoms with Crippen LogP contribution in [-0.2, 0) is 11.3 Å². The van der Waals surface area contributed by atoms with E-state index in [2.05, 4.69) is 36.2 Å². The fraction of sp³-hybridized carbons (Fsp3) is 0.529. The molecule has 0 spiro atoms. The molecule has 0 heterocycles. The number of unbranched alkanes of at least 4 members (excludes halogenated alkanes) is 3. The maximum absolute atomic E-state index is 5.60. The van der Waals surface area contributed by atoms with E-state index in [0.717, 1.165) is 39.1 Å². The van der Waals surface area contributed by atoms with E-state index in [0.29, 0.717) is 0 Å². The van der Waals surface area contributed by atoms with Crippen molar-refractivity contribution in [1.29, 1.82) is 0 Å². The minimum atomic E-state index is 0.864. The number of ether oxygens (including phenoxy) is 1. The van der Waals surface area contributed by atoms with Crippen LogP contribution in [0.3, 0.4) is 0 Å². The predicted molar refractivity (Wildman–Crippen MR) is 82.2 cm³/mol. The molecular weight excluding hydrogens is 234 g/mol. The molecule has 0 atom stereocenters. The summed E-state index contributed by atoms with van der Waals surface area (Å²) in [7, 11) is 0. The molecule has 0 amide bonds. The van der Waals surface area contributed by atoms with Gasteiger partial charge in [0.1, 0.15) is 0 Å². The molecule has 2 nitrogen and oxygen atoms in total. The van der Waals surface area contributed by atoms with Crippen molar-refractivity contribution in [3.8, 4) is 0 Å². The zero-order valence-electron chi connectivity index (χ0n) is 11.9. The standard InChI is InChI=1S/C17H27NO/c1-2-3-4-5-9-14-19-15-10-13-18-16-17-11-7-6-8-12-17/h2,6-8,11-12,18H,1,3-5,9-10,13-16H2. The third kappa shape index (κ3) is 9.46. The molecule has 0 aliphatic heterocycles. The van der Waals surface area contributed by atoms with Crippen LogP contribution in [0.2, 0.25) is 0 Å². The molecular formula is C17H27NO. The maximum Gasteiger partial charge on any atom is 0.0478 e. The van der Waals surface area contributed by atoms with Crippen molar-refractivity contribution in [2.75, 3.05) is 19.8 Å². The van der Waals surface area contributed by atoms with Gasteiger partial charge >= 0.3 is 0 Å². The lowest BCUT2D eigenvalue weighted by Crippen LogP contribution is -2.16. The molecule has 0 bridgehead atoms. The first-order chi connectivity index (χ1) is 9.43. The van der Waals surface area contributed by atoms with Gasteiger partial charge in [-0.1, -0.05) is 42.8 Å². The summed E-state index contributed by atoms with van der Waals surface area (Å²) in [6, 6.07) is 10.5. The van der Waals surface area contributed by atoms with Crippen molar-refractivity contribution in [3.05, 3.63) is 48.6 Å². The summed E-state index contributed by atoms with van der Waals surface area (Å²) in [6.45, 7) is 7.45. The number of hydrogen-bond acceptors (Lipinski definition) is 2. The van der Waals surface area contributed by atoms with E-state index in [4.69, 9.17) is 4.74 Å². The zero-order valence-corrected chi connectivity index (χ0v) is 11.9. The first-order valence-corrected chi connectivity index (χ1v) is 7.37. The molecule has 0 saturated heterocycles. The predicted octanol–water partition coefficient (Wildman–Crippen LogP) is 3.93. The normalized spacial score (nSPS) is 10.5. The molecule has 0 aromatic heterocycles. The van der Waals surface area contributed by atoms with Gasteiger partial charge in [-0.25, -0.2) is 0 Å². The Morgan fingerprint density at radius 1 is 1.00 bits per heavy atom. The van der Waals surface area contributed by atoms with Crippen LogP contribution in [0.1, 0.15) is 37.7 Å². The van der Waals surface area contributed by atoms with Gasteiger partial charge in [0.15, 0.2) is 0 Å². The zero-order chi connectivity index (χ0) is 13.6. The van der Waals surface area contributed by atoms with Gasteiger partial charge in [0.2, 0.25) is 0 Å². The lowest BCUT2D eigenvalue weighted by molar-refractivity contribution is 0.127. The van der Waals surface area contributed by atoms with Gasteiger partial charge in [0, 0.05) is 19.8 Å². The second-order valence-corrected chi connectivity index (χ2v) is 4.77. The monoisotopic (exact) mass is 261 g/mol. The van der Waals surface area contributed by atoms with Gasteiger partial charge in [0.25, 0.3) is 0 Å². The Bertz CT molecular complexity index is 310. The summed E-state index contributed by atoms with van der Waals surface area (Å²) in [5.74, 6) is 0. The van der Waals surface area contributed by atoms with Crippen LogP contribution in [0.4, 0.5) is 0 Å². The number of rotatable bonds is 12. The quantitative estimate of drug-likeness (QED) is 0.455. The highest BCUT2D eigenvalue weighted by atomic mass is 16.5. The van der Waals surface area contributed by atoms with E-state index in [1.807, 2.05) is 12.1 Å². The Morgan fingerprint density at radius 2 is 1.79 bits per heavy atom. The highest BCUT2D eigenvalue weighted by molar-refractivity contribution is 5.14. The fourth-order valence-electron chi connectivity index (χ4n) is 1.90. The largest absolute Gasteiger partial charge is 0.381 e. The lowest BCUT2D eigenvalue weighted by Gasteiger charge is -2.06. The van der Waals surface area contributed by atoms with Gasteiger partial charge in [-0.05, 0) is 37.8 Å². The van der Waals surface area contributed by atoms with Gasteiger partial charge in [-0.3, -0.25) is 0 Å². The second-order valence-electron chi connectivity index (χ2n) is 4.77. The van der Waals surface area contributed by atoms with E-state index in [9.17, 15) is 0 Å². The molecule has 0 fully saturated rings. The van der Waals surface area contributed by atoms with Gasteiger partial charge in [0.05, 0.1) is 0 Å². The van der Waals surface area contributed by atoms with E-state index in [1.165, 1.54) is 24.8 Å². The number of benzene rings is 1. The first-order valence-electron chi connectivity index (χ1n) is 7.37. The smallest absolute Gasteiger partial charge is 0.0478 e. The Balaban J connectivity index is 1.80. The Kier molecular flexibility index (Phi) is 10.0. The van der Waals surface area contributed by atoms with Crippen molar-refractivity contribution in [2.24, 2.45) is 0 Å². The van der Waals surface area contributed by atoms with Gasteiger partial charge < -0.3 is 10.1 Å². The third-order valence-corrected chi connectivity index (χ3v) is 3.01. The summed E-state index contributed by atoms with van der Waals surface area (Å²) >= 11 is 0. The average molecular weight is 261 g/mol. The molecule has 0 aliphatic carbocycles. The van der Waals surface area contributed by atoms with E-state index in [1.54, 1.807) is 0 Å². The molecule has 0 unspecified atom stereocenters. The molecule has 2 heteroatoms. The summed E-state index contributed by atoms with van der Waals surface area (Å²) in [5, 5.41) is 3.43. The summed E-state index contributed by atoms with van der Waals surface area (Å²) in [5.41, 5.74) is 1.34. The minimum absolute atomic E-state index is 0.864. The highest BCUT2D eigenvalue weighted by Crippen LogP contribution is 2.00. The number of nitrogens with one attached hydrogen (secondary N) is 1. The molecule has 0 radical (unpaired) electrons. The van der Waals surface area contributed by atoms with Crippen LogP contribution >= 0.6 is 0 Å². The molecule has 106 valence electrons. The summed E-state index contributed by atoms with van der Waals surface area (Å²) in [4.78, 5) is 0.